The summed E-state index contributed by atoms with van der Waals surface area (Å²) in [5, 5.41) is 3.27. The first-order valence-corrected chi connectivity index (χ1v) is 14.4. The predicted octanol–water partition coefficient (Wildman–Crippen LogP) is 5.18. The number of ether oxygens (including phenoxy) is 1. The summed E-state index contributed by atoms with van der Waals surface area (Å²) in [4.78, 5) is 21.1. The van der Waals surface area contributed by atoms with Crippen LogP contribution in [0.15, 0.2) is 53.4 Å². The Morgan fingerprint density at radius 1 is 1.14 bits per heavy atom. The van der Waals surface area contributed by atoms with Crippen LogP contribution in [0.5, 0.6) is 5.75 Å². The molecule has 2 heterocycles. The summed E-state index contributed by atoms with van der Waals surface area (Å²) in [5.41, 5.74) is 2.67. The van der Waals surface area contributed by atoms with Gasteiger partial charge in [0.1, 0.15) is 5.75 Å². The summed E-state index contributed by atoms with van der Waals surface area (Å²) in [6.07, 6.45) is 0. The first kappa shape index (κ1) is 27.2. The first-order chi connectivity index (χ1) is 17.6. The van der Waals surface area contributed by atoms with E-state index < -0.39 is 16.4 Å². The average molecular weight is 550 g/mol. The van der Waals surface area contributed by atoms with E-state index in [-0.39, 0.29) is 40.8 Å². The van der Waals surface area contributed by atoms with Crippen LogP contribution >= 0.6 is 11.3 Å². The minimum absolute atomic E-state index is 0.0258. The number of carbonyl (C=O) groups is 1. The van der Waals surface area contributed by atoms with Crippen LogP contribution in [0.3, 0.4) is 0 Å². The van der Waals surface area contributed by atoms with Gasteiger partial charge in [0.25, 0.3) is 5.91 Å². The number of aromatic nitrogens is 1. The van der Waals surface area contributed by atoms with Crippen molar-refractivity contribution >= 4 is 27.1 Å². The molecule has 0 aliphatic carbocycles. The van der Waals surface area contributed by atoms with Gasteiger partial charge >= 0.3 is 6.61 Å². The quantitative estimate of drug-likeness (QED) is 0.375. The van der Waals surface area contributed by atoms with Gasteiger partial charge in [-0.1, -0.05) is 45.0 Å². The fourth-order valence-corrected chi connectivity index (χ4v) is 6.33. The third-order valence-electron chi connectivity index (χ3n) is 6.22. The molecule has 4 rings (SSSR count). The van der Waals surface area contributed by atoms with Crippen molar-refractivity contribution in [2.24, 2.45) is 5.92 Å². The second kappa shape index (κ2) is 11.2. The molecule has 1 N–H and O–H groups in total. The normalized spacial score (nSPS) is 15.8. The molecule has 1 amide bonds. The van der Waals surface area contributed by atoms with Gasteiger partial charge < -0.3 is 10.1 Å². The number of nitrogens with zero attached hydrogens (tertiary/aromatic N) is 2. The van der Waals surface area contributed by atoms with Crippen LogP contribution in [0.25, 0.3) is 0 Å². The molecule has 0 bridgehead atoms. The Bertz CT molecular complexity index is 1340. The highest BCUT2D eigenvalue weighted by Crippen LogP contribution is 2.41. The van der Waals surface area contributed by atoms with Crippen LogP contribution < -0.4 is 10.1 Å². The molecule has 1 aliphatic rings. The maximum atomic E-state index is 12.8. The van der Waals surface area contributed by atoms with E-state index in [1.165, 1.54) is 23.5 Å². The number of carbonyl (C=O) groups excluding carboxylic acids is 1. The molecule has 0 spiro atoms. The predicted molar refractivity (Wildman–Crippen MR) is 137 cm³/mol. The lowest BCUT2D eigenvalue weighted by Gasteiger charge is -2.27. The number of fused-ring (bicyclic) bond motifs is 1. The second-order valence-corrected chi connectivity index (χ2v) is 12.5. The van der Waals surface area contributed by atoms with Gasteiger partial charge in [-0.2, -0.15) is 8.78 Å². The fraction of sp³-hybridized carbons (Fsp3) is 0.385. The molecule has 37 heavy (non-hydrogen) atoms. The highest BCUT2D eigenvalue weighted by Gasteiger charge is 2.36. The number of hydrogen-bond donors (Lipinski definition) is 1. The molecule has 0 saturated carbocycles. The van der Waals surface area contributed by atoms with Crippen LogP contribution in [0.2, 0.25) is 0 Å². The van der Waals surface area contributed by atoms with E-state index in [4.69, 9.17) is 0 Å². The Morgan fingerprint density at radius 3 is 2.38 bits per heavy atom. The van der Waals surface area contributed by atoms with Crippen molar-refractivity contribution in [2.75, 3.05) is 5.75 Å². The van der Waals surface area contributed by atoms with Crippen molar-refractivity contribution in [3.05, 3.63) is 75.2 Å². The monoisotopic (exact) mass is 549 g/mol. The average Bonchev–Trinajstić information content (AvgIpc) is 3.41. The van der Waals surface area contributed by atoms with Crippen molar-refractivity contribution in [1.82, 2.24) is 15.2 Å². The summed E-state index contributed by atoms with van der Waals surface area (Å²) >= 11 is 1.37. The molecular weight excluding hydrogens is 520 g/mol. The molecule has 1 atom stereocenters. The number of rotatable bonds is 10. The summed E-state index contributed by atoms with van der Waals surface area (Å²) < 4.78 is 53.2. The topological polar surface area (TPSA) is 88.6 Å². The van der Waals surface area contributed by atoms with Crippen molar-refractivity contribution in [1.29, 1.82) is 0 Å². The number of hydrogen-bond acceptors (Lipinski definition) is 7. The summed E-state index contributed by atoms with van der Waals surface area (Å²) in [5.74, 6) is 0.140. The summed E-state index contributed by atoms with van der Waals surface area (Å²) in [7, 11) is -3.26. The number of benzene rings is 2. The van der Waals surface area contributed by atoms with E-state index in [0.717, 1.165) is 21.7 Å². The van der Waals surface area contributed by atoms with Gasteiger partial charge in [0.05, 0.1) is 22.4 Å². The zero-order chi connectivity index (χ0) is 26.7. The Balaban J connectivity index is 1.40. The number of sulfone groups is 1. The van der Waals surface area contributed by atoms with Gasteiger partial charge in [0, 0.05) is 24.5 Å². The van der Waals surface area contributed by atoms with Crippen LogP contribution in [-0.2, 0) is 29.5 Å². The Morgan fingerprint density at radius 2 is 1.78 bits per heavy atom. The van der Waals surface area contributed by atoms with E-state index >= 15 is 0 Å². The maximum Gasteiger partial charge on any atom is 0.387 e. The van der Waals surface area contributed by atoms with E-state index in [2.05, 4.69) is 33.8 Å². The van der Waals surface area contributed by atoms with Crippen LogP contribution in [-0.4, -0.2) is 36.6 Å². The fourth-order valence-electron chi connectivity index (χ4n) is 4.40. The van der Waals surface area contributed by atoms with Gasteiger partial charge in [-0.05, 0) is 41.3 Å². The maximum absolute atomic E-state index is 12.8. The van der Waals surface area contributed by atoms with Crippen LogP contribution in [0.4, 0.5) is 8.78 Å². The van der Waals surface area contributed by atoms with E-state index in [9.17, 15) is 22.0 Å². The van der Waals surface area contributed by atoms with Crippen LogP contribution in [0.1, 0.15) is 58.3 Å². The molecule has 1 aromatic heterocycles. The second-order valence-electron chi connectivity index (χ2n) is 9.17. The molecule has 1 aliphatic heterocycles. The highest BCUT2D eigenvalue weighted by molar-refractivity contribution is 7.91. The van der Waals surface area contributed by atoms with Crippen LogP contribution in [0, 0.1) is 5.92 Å². The molecule has 7 nitrogen and oxygen atoms in total. The molecule has 0 unspecified atom stereocenters. The number of amides is 1. The first-order valence-electron chi connectivity index (χ1n) is 11.9. The number of alkyl halides is 2. The Hall–Kier alpha value is -2.89. The molecule has 0 saturated heterocycles. The van der Waals surface area contributed by atoms with Gasteiger partial charge in [-0.25, -0.2) is 13.4 Å². The smallest absolute Gasteiger partial charge is 0.387 e. The zero-order valence-corrected chi connectivity index (χ0v) is 22.4. The van der Waals surface area contributed by atoms with Gasteiger partial charge in [-0.3, -0.25) is 9.69 Å². The lowest BCUT2D eigenvalue weighted by atomic mass is 10.0. The highest BCUT2D eigenvalue weighted by atomic mass is 32.2. The van der Waals surface area contributed by atoms with Gasteiger partial charge in [0.15, 0.2) is 14.8 Å². The molecular formula is C26H29F2N3O4S2. The van der Waals surface area contributed by atoms with E-state index in [1.807, 2.05) is 0 Å². The summed E-state index contributed by atoms with van der Waals surface area (Å²) in [6.45, 7) is 4.48. The molecule has 2 aromatic carbocycles. The van der Waals surface area contributed by atoms with E-state index in [0.29, 0.717) is 18.1 Å². The molecule has 0 radical (unpaired) electrons. The minimum Gasteiger partial charge on any atom is -0.435 e. The lowest BCUT2D eigenvalue weighted by molar-refractivity contribution is -0.0498. The molecule has 0 fully saturated rings. The largest absolute Gasteiger partial charge is 0.435 e. The number of nitrogens with one attached hydrogen (secondary N) is 1. The zero-order valence-electron chi connectivity index (χ0n) is 20.8. The minimum atomic E-state index is -3.26. The van der Waals surface area contributed by atoms with Crippen molar-refractivity contribution in [3.8, 4) is 5.75 Å². The van der Waals surface area contributed by atoms with Gasteiger partial charge in [-0.15, -0.1) is 11.3 Å². The van der Waals surface area contributed by atoms with Crippen molar-refractivity contribution in [2.45, 2.75) is 58.0 Å². The Kier molecular flexibility index (Phi) is 8.25. The van der Waals surface area contributed by atoms with Crippen molar-refractivity contribution < 1.29 is 26.7 Å². The third kappa shape index (κ3) is 6.34. The third-order valence-corrected chi connectivity index (χ3v) is 9.03. The number of thiazole rings is 1. The standard InChI is InChI=1S/C26H29F2N3O4S2/c1-4-37(33,34)20-11-7-17(8-12-20)13-29-24(32)25-30-22-21(36-25)15-31(23(22)16(2)3)14-18-5-9-19(10-6-18)35-26(27)28/h5-12,16,23,26H,4,13-15H2,1-3H3,(H,29,32)/t23-/m0/s1. The molecule has 198 valence electrons. The van der Waals surface area contributed by atoms with Crippen molar-refractivity contribution in [3.63, 3.8) is 0 Å². The van der Waals surface area contributed by atoms with Gasteiger partial charge in [0.2, 0.25) is 0 Å². The Labute approximate surface area is 219 Å². The van der Waals surface area contributed by atoms with E-state index in [1.54, 1.807) is 43.3 Å². The number of halogens is 2. The SMILES string of the molecule is CCS(=O)(=O)c1ccc(CNC(=O)c2nc3c(s2)CN(Cc2ccc(OC(F)F)cc2)[C@H]3C(C)C)cc1. The summed E-state index contributed by atoms with van der Waals surface area (Å²) in [6, 6.07) is 13.2. The molecule has 11 heteroatoms. The lowest BCUT2D eigenvalue weighted by Crippen LogP contribution is -2.27. The molecule has 3 aromatic rings.